The number of alkyl halides is 2. The highest BCUT2D eigenvalue weighted by molar-refractivity contribution is 6.34. The lowest BCUT2D eigenvalue weighted by molar-refractivity contribution is -0.384. The molecule has 0 radical (unpaired) electrons. The highest BCUT2D eigenvalue weighted by atomic mass is 35.5. The Hall–Kier alpha value is -2.61. The number of esters is 1. The molecule has 1 aromatic carbocycles. The van der Waals surface area contributed by atoms with E-state index in [4.69, 9.17) is 16.3 Å². The third kappa shape index (κ3) is 3.65. The smallest absolute Gasteiger partial charge is 0.339 e. The van der Waals surface area contributed by atoms with Crippen molar-refractivity contribution in [1.82, 2.24) is 4.98 Å². The molecule has 24 heavy (non-hydrogen) atoms. The van der Waals surface area contributed by atoms with Crippen LogP contribution in [0.25, 0.3) is 11.1 Å². The second-order valence-electron chi connectivity index (χ2n) is 4.60. The Balaban J connectivity index is 2.62. The summed E-state index contributed by atoms with van der Waals surface area (Å²) in [5.74, 6) is -0.809. The van der Waals surface area contributed by atoms with E-state index in [-0.39, 0.29) is 34.0 Å². The molecule has 0 fully saturated rings. The fourth-order valence-corrected chi connectivity index (χ4v) is 2.37. The number of hydrogen-bond acceptors (Lipinski definition) is 5. The highest BCUT2D eigenvalue weighted by Gasteiger charge is 2.23. The Kier molecular flexibility index (Phi) is 5.40. The zero-order chi connectivity index (χ0) is 17.9. The van der Waals surface area contributed by atoms with Crippen LogP contribution < -0.4 is 0 Å². The summed E-state index contributed by atoms with van der Waals surface area (Å²) in [6.07, 6.45) is -1.62. The van der Waals surface area contributed by atoms with Gasteiger partial charge in [0.2, 0.25) is 0 Å². The van der Waals surface area contributed by atoms with Gasteiger partial charge in [-0.25, -0.2) is 13.6 Å². The zero-order valence-corrected chi connectivity index (χ0v) is 13.1. The number of carbonyl (C=O) groups is 1. The molecule has 0 spiro atoms. The molecule has 0 atom stereocenters. The van der Waals surface area contributed by atoms with Gasteiger partial charge in [0.15, 0.2) is 0 Å². The molecular formula is C15H11ClF2N2O4. The average Bonchev–Trinajstić information content (AvgIpc) is 2.54. The summed E-state index contributed by atoms with van der Waals surface area (Å²) < 4.78 is 30.1. The zero-order valence-electron chi connectivity index (χ0n) is 12.3. The van der Waals surface area contributed by atoms with Crippen LogP contribution >= 0.6 is 11.6 Å². The Bertz CT molecular complexity index is 782. The first-order chi connectivity index (χ1) is 11.3. The van der Waals surface area contributed by atoms with Crippen LogP contribution in [0.3, 0.4) is 0 Å². The Labute approximate surface area is 140 Å². The van der Waals surface area contributed by atoms with E-state index in [2.05, 4.69) is 4.98 Å². The van der Waals surface area contributed by atoms with E-state index in [1.165, 1.54) is 6.07 Å². The number of ether oxygens (including phenoxy) is 1. The van der Waals surface area contributed by atoms with E-state index < -0.39 is 23.0 Å². The van der Waals surface area contributed by atoms with E-state index in [0.717, 1.165) is 24.4 Å². The first kappa shape index (κ1) is 17.7. The number of benzene rings is 1. The maximum atomic E-state index is 12.6. The number of halogens is 3. The molecule has 0 saturated carbocycles. The minimum Gasteiger partial charge on any atom is -0.462 e. The van der Waals surface area contributed by atoms with Crippen molar-refractivity contribution >= 4 is 23.3 Å². The third-order valence-corrected chi connectivity index (χ3v) is 3.38. The van der Waals surface area contributed by atoms with Gasteiger partial charge in [-0.15, -0.1) is 0 Å². The van der Waals surface area contributed by atoms with E-state index in [1.807, 2.05) is 0 Å². The molecule has 2 aromatic rings. The predicted molar refractivity (Wildman–Crippen MR) is 82.3 cm³/mol. The lowest BCUT2D eigenvalue weighted by Gasteiger charge is -2.11. The maximum absolute atomic E-state index is 12.6. The average molecular weight is 357 g/mol. The molecule has 0 saturated heterocycles. The number of nitro groups is 1. The summed E-state index contributed by atoms with van der Waals surface area (Å²) in [5.41, 5.74) is -0.558. The Morgan fingerprint density at radius 3 is 2.62 bits per heavy atom. The maximum Gasteiger partial charge on any atom is 0.339 e. The first-order valence-corrected chi connectivity index (χ1v) is 7.12. The molecule has 0 bridgehead atoms. The summed E-state index contributed by atoms with van der Waals surface area (Å²) >= 11 is 6.07. The fourth-order valence-electron chi connectivity index (χ4n) is 2.04. The molecule has 126 valence electrons. The third-order valence-electron chi connectivity index (χ3n) is 3.08. The van der Waals surface area contributed by atoms with Gasteiger partial charge in [0.05, 0.1) is 22.1 Å². The molecule has 0 aliphatic carbocycles. The Morgan fingerprint density at radius 2 is 2.12 bits per heavy atom. The summed E-state index contributed by atoms with van der Waals surface area (Å²) in [4.78, 5) is 26.0. The first-order valence-electron chi connectivity index (χ1n) is 6.74. The number of nitro benzene ring substituents is 1. The number of pyridine rings is 1. The standard InChI is InChI=1S/C15H11ClF2N2O4/c1-2-24-15(21)10-5-9(20(22)23)6-11(16)13(10)8-3-4-12(14(17)18)19-7-8/h3-7,14H,2H2,1H3. The summed E-state index contributed by atoms with van der Waals surface area (Å²) in [6, 6.07) is 4.50. The van der Waals surface area contributed by atoms with Gasteiger partial charge in [0.25, 0.3) is 12.1 Å². The van der Waals surface area contributed by atoms with Crippen LogP contribution in [-0.4, -0.2) is 22.5 Å². The highest BCUT2D eigenvalue weighted by Crippen LogP contribution is 2.35. The lowest BCUT2D eigenvalue weighted by Crippen LogP contribution is -2.08. The van der Waals surface area contributed by atoms with Crippen molar-refractivity contribution in [3.63, 3.8) is 0 Å². The van der Waals surface area contributed by atoms with E-state index in [9.17, 15) is 23.7 Å². The fraction of sp³-hybridized carbons (Fsp3) is 0.200. The van der Waals surface area contributed by atoms with Crippen LogP contribution in [0.5, 0.6) is 0 Å². The number of nitrogens with zero attached hydrogens (tertiary/aromatic N) is 2. The number of rotatable bonds is 5. The van der Waals surface area contributed by atoms with Gasteiger partial charge in [-0.2, -0.15) is 0 Å². The molecular weight excluding hydrogens is 346 g/mol. The largest absolute Gasteiger partial charge is 0.462 e. The number of aromatic nitrogens is 1. The van der Waals surface area contributed by atoms with Gasteiger partial charge in [-0.3, -0.25) is 15.1 Å². The van der Waals surface area contributed by atoms with Gasteiger partial charge in [0.1, 0.15) is 5.69 Å². The molecule has 0 amide bonds. The minimum atomic E-state index is -2.74. The van der Waals surface area contributed by atoms with Gasteiger partial charge < -0.3 is 4.74 Å². The lowest BCUT2D eigenvalue weighted by atomic mass is 10.00. The molecule has 1 aromatic heterocycles. The van der Waals surface area contributed by atoms with Crippen molar-refractivity contribution in [2.24, 2.45) is 0 Å². The Morgan fingerprint density at radius 1 is 1.42 bits per heavy atom. The summed E-state index contributed by atoms with van der Waals surface area (Å²) in [5, 5.41) is 10.9. The minimum absolute atomic E-state index is 0.0567. The monoisotopic (exact) mass is 356 g/mol. The van der Waals surface area contributed by atoms with Crippen LogP contribution in [0.2, 0.25) is 5.02 Å². The molecule has 9 heteroatoms. The molecule has 6 nitrogen and oxygen atoms in total. The molecule has 0 aliphatic heterocycles. The number of hydrogen-bond donors (Lipinski definition) is 0. The molecule has 0 N–H and O–H groups in total. The van der Waals surface area contributed by atoms with E-state index in [0.29, 0.717) is 0 Å². The van der Waals surface area contributed by atoms with Gasteiger partial charge >= 0.3 is 5.97 Å². The van der Waals surface area contributed by atoms with Crippen molar-refractivity contribution in [2.45, 2.75) is 13.3 Å². The van der Waals surface area contributed by atoms with E-state index in [1.54, 1.807) is 6.92 Å². The number of carbonyl (C=O) groups excluding carboxylic acids is 1. The van der Waals surface area contributed by atoms with Crippen LogP contribution in [0.1, 0.15) is 29.4 Å². The van der Waals surface area contributed by atoms with Gasteiger partial charge in [-0.05, 0) is 13.0 Å². The van der Waals surface area contributed by atoms with Crippen LogP contribution in [-0.2, 0) is 4.74 Å². The second-order valence-corrected chi connectivity index (χ2v) is 5.01. The predicted octanol–water partition coefficient (Wildman–Crippen LogP) is 4.42. The molecule has 0 aliphatic rings. The number of non-ortho nitro benzene ring substituents is 1. The van der Waals surface area contributed by atoms with Crippen molar-refractivity contribution in [1.29, 1.82) is 0 Å². The molecule has 1 heterocycles. The van der Waals surface area contributed by atoms with Crippen molar-refractivity contribution in [3.05, 3.63) is 56.9 Å². The second kappa shape index (κ2) is 7.31. The van der Waals surface area contributed by atoms with Crippen molar-refractivity contribution in [3.8, 4) is 11.1 Å². The van der Waals surface area contributed by atoms with Gasteiger partial charge in [-0.1, -0.05) is 17.7 Å². The van der Waals surface area contributed by atoms with Crippen molar-refractivity contribution < 1.29 is 23.2 Å². The van der Waals surface area contributed by atoms with Crippen LogP contribution in [0.4, 0.5) is 14.5 Å². The van der Waals surface area contributed by atoms with Crippen LogP contribution in [0, 0.1) is 10.1 Å². The summed E-state index contributed by atoms with van der Waals surface area (Å²) in [6.45, 7) is 1.64. The summed E-state index contributed by atoms with van der Waals surface area (Å²) in [7, 11) is 0. The molecule has 2 rings (SSSR count). The van der Waals surface area contributed by atoms with Crippen molar-refractivity contribution in [2.75, 3.05) is 6.61 Å². The van der Waals surface area contributed by atoms with Gasteiger partial charge in [0, 0.05) is 29.5 Å². The quantitative estimate of drug-likeness (QED) is 0.450. The van der Waals surface area contributed by atoms with E-state index >= 15 is 0 Å². The SMILES string of the molecule is CCOC(=O)c1cc([N+](=O)[O-])cc(Cl)c1-c1ccc(C(F)F)nc1. The van der Waals surface area contributed by atoms with Crippen LogP contribution in [0.15, 0.2) is 30.5 Å². The molecule has 0 unspecified atom stereocenters. The normalized spacial score (nSPS) is 10.7. The topological polar surface area (TPSA) is 82.3 Å².